The summed E-state index contributed by atoms with van der Waals surface area (Å²) in [5.41, 5.74) is 3.54. The van der Waals surface area contributed by atoms with Gasteiger partial charge in [0.2, 0.25) is 0 Å². The molecule has 0 spiro atoms. The summed E-state index contributed by atoms with van der Waals surface area (Å²) < 4.78 is 24.5. The van der Waals surface area contributed by atoms with Gasteiger partial charge in [0.15, 0.2) is 4.80 Å². The molecule has 8 nitrogen and oxygen atoms in total. The Labute approximate surface area is 266 Å². The van der Waals surface area contributed by atoms with E-state index in [-0.39, 0.29) is 12.2 Å². The molecule has 0 radical (unpaired) electrons. The smallest absolute Gasteiger partial charge is 0.338 e. The van der Waals surface area contributed by atoms with Gasteiger partial charge in [0, 0.05) is 0 Å². The molecule has 1 aliphatic heterocycles. The van der Waals surface area contributed by atoms with Gasteiger partial charge in [-0.1, -0.05) is 61.6 Å². The zero-order valence-electron chi connectivity index (χ0n) is 26.2. The highest BCUT2D eigenvalue weighted by Crippen LogP contribution is 2.31. The molecule has 1 aliphatic rings. The largest absolute Gasteiger partial charge is 0.497 e. The summed E-state index contributed by atoms with van der Waals surface area (Å²) in [6.45, 7) is 8.97. The van der Waals surface area contributed by atoms with Crippen LogP contribution in [0.1, 0.15) is 62.8 Å². The summed E-state index contributed by atoms with van der Waals surface area (Å²) in [6.07, 6.45) is 2.93. The fraction of sp³-hybridized carbons (Fsp3) is 0.306. The van der Waals surface area contributed by atoms with Crippen LogP contribution in [0.2, 0.25) is 0 Å². The molecule has 45 heavy (non-hydrogen) atoms. The molecule has 1 aromatic heterocycles. The van der Waals surface area contributed by atoms with Crippen LogP contribution in [0.15, 0.2) is 93.9 Å². The second-order valence-electron chi connectivity index (χ2n) is 10.7. The number of hydrogen-bond donors (Lipinski definition) is 0. The van der Waals surface area contributed by atoms with E-state index >= 15 is 0 Å². The molecule has 0 amide bonds. The molecular weight excluding hydrogens is 588 g/mol. The first-order valence-electron chi connectivity index (χ1n) is 15.1. The summed E-state index contributed by atoms with van der Waals surface area (Å²) in [7, 11) is 1.59. The van der Waals surface area contributed by atoms with E-state index in [9.17, 15) is 9.59 Å². The van der Waals surface area contributed by atoms with Gasteiger partial charge in [0.1, 0.15) is 30.5 Å². The van der Waals surface area contributed by atoms with Crippen LogP contribution in [0.25, 0.3) is 6.08 Å². The van der Waals surface area contributed by atoms with Crippen molar-refractivity contribution < 1.29 is 23.7 Å². The predicted molar refractivity (Wildman–Crippen MR) is 176 cm³/mol. The Hall–Kier alpha value is -4.63. The zero-order valence-corrected chi connectivity index (χ0v) is 27.1. The number of carbonyl (C=O) groups is 1. The van der Waals surface area contributed by atoms with Crippen LogP contribution in [0.5, 0.6) is 17.2 Å². The third-order valence-corrected chi connectivity index (χ3v) is 8.79. The van der Waals surface area contributed by atoms with E-state index in [0.29, 0.717) is 51.2 Å². The van der Waals surface area contributed by atoms with Crippen LogP contribution < -0.4 is 29.1 Å². The number of allylic oxidation sites excluding steroid dienone is 1. The van der Waals surface area contributed by atoms with Crippen LogP contribution in [0.4, 0.5) is 0 Å². The van der Waals surface area contributed by atoms with Crippen LogP contribution in [-0.4, -0.2) is 37.5 Å². The third-order valence-electron chi connectivity index (χ3n) is 7.81. The quantitative estimate of drug-likeness (QED) is 0.146. The molecule has 4 aromatic rings. The minimum atomic E-state index is -0.677. The molecule has 2 atom stereocenters. The fourth-order valence-electron chi connectivity index (χ4n) is 5.15. The molecule has 0 N–H and O–H groups in total. The zero-order chi connectivity index (χ0) is 31.9. The first-order valence-corrected chi connectivity index (χ1v) is 15.9. The van der Waals surface area contributed by atoms with Crippen molar-refractivity contribution >= 4 is 23.4 Å². The van der Waals surface area contributed by atoms with E-state index < -0.39 is 12.0 Å². The molecule has 9 heteroatoms. The molecule has 234 valence electrons. The predicted octanol–water partition coefficient (Wildman–Crippen LogP) is 5.78. The van der Waals surface area contributed by atoms with Crippen LogP contribution in [-0.2, 0) is 9.53 Å². The Morgan fingerprint density at radius 2 is 1.53 bits per heavy atom. The van der Waals surface area contributed by atoms with E-state index in [2.05, 4.69) is 31.0 Å². The molecule has 0 fully saturated rings. The maximum absolute atomic E-state index is 13.8. The maximum Gasteiger partial charge on any atom is 0.338 e. The van der Waals surface area contributed by atoms with E-state index in [1.165, 1.54) is 16.9 Å². The van der Waals surface area contributed by atoms with Crippen molar-refractivity contribution in [2.24, 2.45) is 4.99 Å². The van der Waals surface area contributed by atoms with Gasteiger partial charge < -0.3 is 18.9 Å². The molecule has 5 rings (SSSR count). The molecule has 0 saturated carbocycles. The van der Waals surface area contributed by atoms with Crippen LogP contribution >= 0.6 is 11.3 Å². The number of benzene rings is 3. The Kier molecular flexibility index (Phi) is 10.2. The van der Waals surface area contributed by atoms with Crippen molar-refractivity contribution in [1.82, 2.24) is 4.57 Å². The Morgan fingerprint density at radius 3 is 2.11 bits per heavy atom. The van der Waals surface area contributed by atoms with Gasteiger partial charge in [0.25, 0.3) is 5.56 Å². The summed E-state index contributed by atoms with van der Waals surface area (Å²) in [5, 5.41) is 0. The average molecular weight is 627 g/mol. The number of thiazole rings is 1. The Morgan fingerprint density at radius 1 is 0.933 bits per heavy atom. The number of ether oxygens (including phenoxy) is 4. The Balaban J connectivity index is 1.32. The van der Waals surface area contributed by atoms with Gasteiger partial charge in [-0.2, -0.15) is 0 Å². The minimum Gasteiger partial charge on any atom is -0.497 e. The lowest BCUT2D eigenvalue weighted by atomic mass is 9.96. The molecule has 0 saturated heterocycles. The number of carbonyl (C=O) groups excluding carboxylic acids is 1. The molecule has 3 aromatic carbocycles. The monoisotopic (exact) mass is 626 g/mol. The maximum atomic E-state index is 13.8. The second-order valence-corrected chi connectivity index (χ2v) is 11.7. The first kappa shape index (κ1) is 31.8. The number of esters is 1. The second kappa shape index (κ2) is 14.4. The van der Waals surface area contributed by atoms with Gasteiger partial charge in [-0.15, -0.1) is 0 Å². The van der Waals surface area contributed by atoms with E-state index in [4.69, 9.17) is 18.9 Å². The number of aromatic nitrogens is 1. The number of fused-ring (bicyclic) bond motifs is 1. The van der Waals surface area contributed by atoms with Gasteiger partial charge in [-0.25, -0.2) is 9.79 Å². The van der Waals surface area contributed by atoms with Crippen molar-refractivity contribution in [3.8, 4) is 17.2 Å². The van der Waals surface area contributed by atoms with E-state index in [1.807, 2.05) is 66.7 Å². The number of methoxy groups -OCH3 is 1. The van der Waals surface area contributed by atoms with Crippen molar-refractivity contribution in [1.29, 1.82) is 0 Å². The first-order chi connectivity index (χ1) is 21.8. The van der Waals surface area contributed by atoms with E-state index in [0.717, 1.165) is 23.3 Å². The van der Waals surface area contributed by atoms with Gasteiger partial charge >= 0.3 is 5.97 Å². The lowest BCUT2D eigenvalue weighted by Gasteiger charge is -2.24. The van der Waals surface area contributed by atoms with E-state index in [1.54, 1.807) is 25.5 Å². The van der Waals surface area contributed by atoms with Gasteiger partial charge in [-0.05, 0) is 85.4 Å². The van der Waals surface area contributed by atoms with Gasteiger partial charge in [0.05, 0.1) is 35.6 Å². The summed E-state index contributed by atoms with van der Waals surface area (Å²) in [4.78, 5) is 32.1. The molecule has 0 bridgehead atoms. The summed E-state index contributed by atoms with van der Waals surface area (Å²) in [5.74, 6) is 2.24. The topological polar surface area (TPSA) is 88.4 Å². The van der Waals surface area contributed by atoms with Crippen molar-refractivity contribution in [2.45, 2.75) is 46.1 Å². The third kappa shape index (κ3) is 7.20. The van der Waals surface area contributed by atoms with Crippen molar-refractivity contribution in [2.75, 3.05) is 26.9 Å². The minimum absolute atomic E-state index is 0.217. The number of hydrogen-bond acceptors (Lipinski definition) is 8. The summed E-state index contributed by atoms with van der Waals surface area (Å²) in [6, 6.07) is 22.4. The lowest BCUT2D eigenvalue weighted by molar-refractivity contribution is -0.139. The number of nitrogens with zero attached hydrogens (tertiary/aromatic N) is 2. The molecule has 0 unspecified atom stereocenters. The summed E-state index contributed by atoms with van der Waals surface area (Å²) >= 11 is 1.29. The fourth-order valence-corrected chi connectivity index (χ4v) is 6.20. The number of rotatable bonds is 12. The van der Waals surface area contributed by atoms with Crippen molar-refractivity contribution in [3.05, 3.63) is 120 Å². The normalized spacial score (nSPS) is 15.2. The van der Waals surface area contributed by atoms with Crippen molar-refractivity contribution in [3.63, 3.8) is 0 Å². The molecule has 2 heterocycles. The standard InChI is InChI=1S/C36H38N2O6S/c1-6-23(3)26-10-18-30(19-11-26)44-21-20-43-29-14-8-25(9-15-29)22-31-34(39)38-33(27-12-16-28(41-5)17-13-27)32(35(40)42-7-2)24(4)37-36(38)45-31/h8-19,22-23,33H,6-7,20-21H2,1-5H3/b31-22+/t23-,33-/m1/s1. The van der Waals surface area contributed by atoms with Crippen LogP contribution in [0, 0.1) is 0 Å². The van der Waals surface area contributed by atoms with Crippen LogP contribution in [0.3, 0.4) is 0 Å². The highest BCUT2D eigenvalue weighted by molar-refractivity contribution is 7.07. The molecule has 0 aliphatic carbocycles. The highest BCUT2D eigenvalue weighted by atomic mass is 32.1. The SMILES string of the molecule is CCOC(=O)C1=C(C)N=c2s/c(=C/c3ccc(OCCOc4ccc([C@H](C)CC)cc4)cc3)c(=O)n2[C@@H]1c1ccc(OC)cc1. The Bertz CT molecular complexity index is 1840. The lowest BCUT2D eigenvalue weighted by Crippen LogP contribution is -2.39. The average Bonchev–Trinajstić information content (AvgIpc) is 3.36. The highest BCUT2D eigenvalue weighted by Gasteiger charge is 2.33. The van der Waals surface area contributed by atoms with Gasteiger partial charge in [-0.3, -0.25) is 9.36 Å². The molecular formula is C36H38N2O6S.